The van der Waals surface area contributed by atoms with Crippen molar-refractivity contribution in [3.05, 3.63) is 24.1 Å². The van der Waals surface area contributed by atoms with E-state index in [0.717, 1.165) is 36.2 Å². The number of ether oxygens (including phenoxy) is 1. The lowest BCUT2D eigenvalue weighted by atomic mass is 10.2. The predicted molar refractivity (Wildman–Crippen MR) is 79.2 cm³/mol. The number of methoxy groups -OCH3 is 1. The molecule has 6 nitrogen and oxygen atoms in total. The van der Waals surface area contributed by atoms with Crippen molar-refractivity contribution in [2.75, 3.05) is 25.6 Å². The van der Waals surface area contributed by atoms with Crippen LogP contribution in [0.3, 0.4) is 0 Å². The van der Waals surface area contributed by atoms with E-state index in [4.69, 9.17) is 9.15 Å². The molecule has 2 heterocycles. The van der Waals surface area contributed by atoms with Crippen LogP contribution in [-0.2, 0) is 16.0 Å². The van der Waals surface area contributed by atoms with Crippen LogP contribution in [0.15, 0.2) is 22.6 Å². The summed E-state index contributed by atoms with van der Waals surface area (Å²) in [5, 5.41) is 6.10. The van der Waals surface area contributed by atoms with Crippen molar-refractivity contribution < 1.29 is 13.9 Å². The van der Waals surface area contributed by atoms with Gasteiger partial charge >= 0.3 is 0 Å². The summed E-state index contributed by atoms with van der Waals surface area (Å²) >= 11 is 0. The van der Waals surface area contributed by atoms with E-state index >= 15 is 0 Å². The molecule has 1 atom stereocenters. The van der Waals surface area contributed by atoms with E-state index in [-0.39, 0.29) is 11.9 Å². The lowest BCUT2D eigenvalue weighted by Gasteiger charge is -2.10. The van der Waals surface area contributed by atoms with Crippen LogP contribution < -0.4 is 10.6 Å². The molecule has 1 amide bonds. The van der Waals surface area contributed by atoms with Gasteiger partial charge < -0.3 is 19.8 Å². The van der Waals surface area contributed by atoms with E-state index in [9.17, 15) is 4.79 Å². The lowest BCUT2D eigenvalue weighted by molar-refractivity contribution is -0.117. The van der Waals surface area contributed by atoms with Crippen molar-refractivity contribution in [3.63, 3.8) is 0 Å². The number of fused-ring (bicyclic) bond motifs is 1. The third-order valence-corrected chi connectivity index (χ3v) is 3.60. The highest BCUT2D eigenvalue weighted by atomic mass is 16.5. The number of carbonyl (C=O) groups is 1. The molecule has 0 radical (unpaired) electrons. The van der Waals surface area contributed by atoms with Crippen LogP contribution in [0, 0.1) is 0 Å². The number of aromatic nitrogens is 1. The minimum absolute atomic E-state index is 0.00921. The van der Waals surface area contributed by atoms with Crippen LogP contribution >= 0.6 is 0 Å². The van der Waals surface area contributed by atoms with E-state index in [1.165, 1.54) is 0 Å². The molecular formula is C15H19N3O3. The maximum Gasteiger partial charge on any atom is 0.241 e. The Labute approximate surface area is 122 Å². The van der Waals surface area contributed by atoms with E-state index < -0.39 is 0 Å². The van der Waals surface area contributed by atoms with E-state index in [0.29, 0.717) is 18.9 Å². The van der Waals surface area contributed by atoms with Crippen LogP contribution in [0.1, 0.15) is 18.7 Å². The lowest BCUT2D eigenvalue weighted by Crippen LogP contribution is -2.35. The van der Waals surface area contributed by atoms with Gasteiger partial charge in [-0.1, -0.05) is 0 Å². The first-order valence-corrected chi connectivity index (χ1v) is 7.19. The molecule has 1 aromatic carbocycles. The zero-order valence-corrected chi connectivity index (χ0v) is 12.0. The second-order valence-electron chi connectivity index (χ2n) is 5.17. The monoisotopic (exact) mass is 289 g/mol. The Morgan fingerprint density at radius 2 is 2.48 bits per heavy atom. The summed E-state index contributed by atoms with van der Waals surface area (Å²) in [5.41, 5.74) is 2.21. The van der Waals surface area contributed by atoms with Crippen LogP contribution in [0.4, 0.5) is 5.69 Å². The fourth-order valence-corrected chi connectivity index (χ4v) is 2.49. The molecule has 1 aromatic heterocycles. The molecule has 1 aliphatic heterocycles. The van der Waals surface area contributed by atoms with Gasteiger partial charge in [-0.2, -0.15) is 0 Å². The quantitative estimate of drug-likeness (QED) is 0.876. The molecule has 1 unspecified atom stereocenters. The second kappa shape index (κ2) is 6.24. The topological polar surface area (TPSA) is 76.4 Å². The van der Waals surface area contributed by atoms with Gasteiger partial charge in [0.15, 0.2) is 11.5 Å². The largest absolute Gasteiger partial charge is 0.441 e. The SMILES string of the molecule is COCCc1nc2cc(NC(=O)C3CCCN3)ccc2o1. The summed E-state index contributed by atoms with van der Waals surface area (Å²) < 4.78 is 10.6. The molecule has 1 aliphatic rings. The standard InChI is InChI=1S/C15H19N3O3/c1-20-8-6-14-18-12-9-10(4-5-13(12)21-14)17-15(19)11-3-2-7-16-11/h4-5,9,11,16H,2-3,6-8H2,1H3,(H,17,19). The maximum atomic E-state index is 12.1. The Morgan fingerprint density at radius 1 is 1.57 bits per heavy atom. The summed E-state index contributed by atoms with van der Waals surface area (Å²) in [5.74, 6) is 0.655. The molecule has 0 aliphatic carbocycles. The Hall–Kier alpha value is -1.92. The average Bonchev–Trinajstić information content (AvgIpc) is 3.13. The molecule has 112 valence electrons. The van der Waals surface area contributed by atoms with Gasteiger partial charge in [0.1, 0.15) is 5.52 Å². The molecule has 2 aromatic rings. The Bertz CT molecular complexity index is 632. The smallest absolute Gasteiger partial charge is 0.241 e. The molecule has 0 bridgehead atoms. The first kappa shape index (κ1) is 14.0. The average molecular weight is 289 g/mol. The van der Waals surface area contributed by atoms with Gasteiger partial charge in [0, 0.05) is 19.2 Å². The second-order valence-corrected chi connectivity index (χ2v) is 5.17. The molecule has 0 spiro atoms. The summed E-state index contributed by atoms with van der Waals surface area (Å²) in [4.78, 5) is 16.5. The molecule has 21 heavy (non-hydrogen) atoms. The Balaban J connectivity index is 1.72. The number of amides is 1. The number of carbonyl (C=O) groups excluding carboxylic acids is 1. The number of hydrogen-bond donors (Lipinski definition) is 2. The van der Waals surface area contributed by atoms with Crippen LogP contribution in [0.25, 0.3) is 11.1 Å². The fraction of sp³-hybridized carbons (Fsp3) is 0.467. The van der Waals surface area contributed by atoms with Gasteiger partial charge in [0.05, 0.1) is 12.6 Å². The minimum Gasteiger partial charge on any atom is -0.441 e. The van der Waals surface area contributed by atoms with Crippen molar-refractivity contribution in [1.29, 1.82) is 0 Å². The number of oxazole rings is 1. The molecule has 6 heteroatoms. The van der Waals surface area contributed by atoms with Crippen molar-refractivity contribution in [3.8, 4) is 0 Å². The van der Waals surface area contributed by atoms with Crippen molar-refractivity contribution >= 4 is 22.7 Å². The maximum absolute atomic E-state index is 12.1. The fourth-order valence-electron chi connectivity index (χ4n) is 2.49. The van der Waals surface area contributed by atoms with Gasteiger partial charge in [-0.15, -0.1) is 0 Å². The van der Waals surface area contributed by atoms with Crippen LogP contribution in [-0.4, -0.2) is 37.2 Å². The molecule has 1 fully saturated rings. The zero-order chi connectivity index (χ0) is 14.7. The number of nitrogens with one attached hydrogen (secondary N) is 2. The first-order chi connectivity index (χ1) is 10.3. The predicted octanol–water partition coefficient (Wildman–Crippen LogP) is 1.71. The molecule has 2 N–H and O–H groups in total. The van der Waals surface area contributed by atoms with Crippen LogP contribution in [0.5, 0.6) is 0 Å². The van der Waals surface area contributed by atoms with E-state index in [1.807, 2.05) is 18.2 Å². The third-order valence-electron chi connectivity index (χ3n) is 3.60. The Kier molecular flexibility index (Phi) is 4.17. The third kappa shape index (κ3) is 3.22. The van der Waals surface area contributed by atoms with Gasteiger partial charge in [0.25, 0.3) is 0 Å². The van der Waals surface area contributed by atoms with Crippen molar-refractivity contribution in [1.82, 2.24) is 10.3 Å². The highest BCUT2D eigenvalue weighted by molar-refractivity contribution is 5.96. The summed E-state index contributed by atoms with van der Waals surface area (Å²) in [7, 11) is 1.65. The highest BCUT2D eigenvalue weighted by Crippen LogP contribution is 2.21. The first-order valence-electron chi connectivity index (χ1n) is 7.19. The van der Waals surface area contributed by atoms with Gasteiger partial charge in [-0.05, 0) is 37.6 Å². The number of nitrogens with zero attached hydrogens (tertiary/aromatic N) is 1. The molecule has 1 saturated heterocycles. The highest BCUT2D eigenvalue weighted by Gasteiger charge is 2.22. The normalized spacial score (nSPS) is 18.2. The number of anilines is 1. The van der Waals surface area contributed by atoms with E-state index in [2.05, 4.69) is 15.6 Å². The van der Waals surface area contributed by atoms with Crippen molar-refractivity contribution in [2.24, 2.45) is 0 Å². The molecule has 3 rings (SSSR count). The van der Waals surface area contributed by atoms with Gasteiger partial charge in [-0.25, -0.2) is 4.98 Å². The number of rotatable bonds is 5. The minimum atomic E-state index is -0.0877. The number of benzene rings is 1. The zero-order valence-electron chi connectivity index (χ0n) is 12.0. The molecule has 0 saturated carbocycles. The van der Waals surface area contributed by atoms with Gasteiger partial charge in [-0.3, -0.25) is 4.79 Å². The number of hydrogen-bond acceptors (Lipinski definition) is 5. The van der Waals surface area contributed by atoms with E-state index in [1.54, 1.807) is 7.11 Å². The Morgan fingerprint density at radius 3 is 3.24 bits per heavy atom. The summed E-state index contributed by atoms with van der Waals surface area (Å²) in [6.07, 6.45) is 2.57. The van der Waals surface area contributed by atoms with Crippen molar-refractivity contribution in [2.45, 2.75) is 25.3 Å². The van der Waals surface area contributed by atoms with Gasteiger partial charge in [0.2, 0.25) is 5.91 Å². The molecular weight excluding hydrogens is 270 g/mol. The summed E-state index contributed by atoms with van der Waals surface area (Å²) in [6.45, 7) is 1.48. The summed E-state index contributed by atoms with van der Waals surface area (Å²) in [6, 6.07) is 5.41. The van der Waals surface area contributed by atoms with Crippen LogP contribution in [0.2, 0.25) is 0 Å².